The van der Waals surface area contributed by atoms with Crippen molar-refractivity contribution in [2.24, 2.45) is 0 Å². The highest BCUT2D eigenvalue weighted by molar-refractivity contribution is 7.93. The number of nitrogens with zero attached hydrogens (tertiary/aromatic N) is 1. The molecule has 24 heavy (non-hydrogen) atoms. The van der Waals surface area contributed by atoms with E-state index in [1.165, 1.54) is 11.3 Å². The maximum absolute atomic E-state index is 13.0. The number of nitrogens with one attached hydrogen (secondary N) is 2. The van der Waals surface area contributed by atoms with Gasteiger partial charge in [0.05, 0.1) is 11.4 Å². The highest BCUT2D eigenvalue weighted by atomic mass is 35.5. The lowest BCUT2D eigenvalue weighted by atomic mass is 10.2. The second-order valence-electron chi connectivity index (χ2n) is 5.47. The summed E-state index contributed by atoms with van der Waals surface area (Å²) in [5.41, 5.74) is 2.56. The number of aromatic amines is 1. The SMILES string of the molecule is Cc1cc(-c2c(C)sc(C)c2S(=O)(=O)Nc2cccc(Cl)c2)n[nH]1. The zero-order valence-electron chi connectivity index (χ0n) is 13.3. The number of sulfonamides is 1. The van der Waals surface area contributed by atoms with Crippen molar-refractivity contribution < 1.29 is 8.42 Å². The van der Waals surface area contributed by atoms with E-state index >= 15 is 0 Å². The first-order valence-corrected chi connectivity index (χ1v) is 9.86. The third-order valence-electron chi connectivity index (χ3n) is 3.51. The first-order chi connectivity index (χ1) is 11.3. The molecule has 3 rings (SSSR count). The molecule has 0 radical (unpaired) electrons. The van der Waals surface area contributed by atoms with E-state index in [9.17, 15) is 8.42 Å². The highest BCUT2D eigenvalue weighted by Crippen LogP contribution is 2.39. The molecule has 0 aliphatic heterocycles. The monoisotopic (exact) mass is 381 g/mol. The zero-order chi connectivity index (χ0) is 17.5. The molecule has 8 heteroatoms. The van der Waals surface area contributed by atoms with E-state index < -0.39 is 10.0 Å². The Bertz CT molecular complexity index is 1010. The molecule has 0 saturated heterocycles. The van der Waals surface area contributed by atoms with Gasteiger partial charge in [-0.25, -0.2) is 8.42 Å². The first kappa shape index (κ1) is 17.0. The summed E-state index contributed by atoms with van der Waals surface area (Å²) < 4.78 is 28.5. The number of anilines is 1. The van der Waals surface area contributed by atoms with E-state index in [2.05, 4.69) is 14.9 Å². The molecule has 2 aromatic heterocycles. The molecule has 3 aromatic rings. The van der Waals surface area contributed by atoms with Crippen molar-refractivity contribution >= 4 is 38.6 Å². The van der Waals surface area contributed by atoms with E-state index in [0.717, 1.165) is 15.4 Å². The summed E-state index contributed by atoms with van der Waals surface area (Å²) in [5, 5.41) is 7.55. The van der Waals surface area contributed by atoms with Crippen LogP contribution in [-0.4, -0.2) is 18.6 Å². The fourth-order valence-electron chi connectivity index (χ4n) is 2.59. The lowest BCUT2D eigenvalue weighted by Gasteiger charge is -2.10. The minimum Gasteiger partial charge on any atom is -0.282 e. The minimum atomic E-state index is -3.76. The van der Waals surface area contributed by atoms with Gasteiger partial charge in [-0.05, 0) is 45.0 Å². The summed E-state index contributed by atoms with van der Waals surface area (Å²) >= 11 is 7.38. The smallest absolute Gasteiger partial charge is 0.263 e. The molecule has 0 aliphatic rings. The Morgan fingerprint density at radius 3 is 2.54 bits per heavy atom. The van der Waals surface area contributed by atoms with Gasteiger partial charge in [0.1, 0.15) is 4.90 Å². The third-order valence-corrected chi connectivity index (χ3v) is 6.45. The Hall–Kier alpha value is -1.83. The van der Waals surface area contributed by atoms with Crippen LogP contribution in [0.15, 0.2) is 35.2 Å². The number of hydrogen-bond donors (Lipinski definition) is 2. The van der Waals surface area contributed by atoms with Gasteiger partial charge in [-0.3, -0.25) is 9.82 Å². The van der Waals surface area contributed by atoms with Crippen molar-refractivity contribution in [1.82, 2.24) is 10.2 Å². The average Bonchev–Trinajstić information content (AvgIpc) is 3.01. The van der Waals surface area contributed by atoms with E-state index in [0.29, 0.717) is 22.0 Å². The number of H-pyrrole nitrogens is 1. The second kappa shape index (κ2) is 6.23. The van der Waals surface area contributed by atoms with Gasteiger partial charge in [0, 0.05) is 26.0 Å². The maximum atomic E-state index is 13.0. The van der Waals surface area contributed by atoms with Gasteiger partial charge >= 0.3 is 0 Å². The number of halogens is 1. The molecule has 0 spiro atoms. The van der Waals surface area contributed by atoms with Gasteiger partial charge in [-0.1, -0.05) is 17.7 Å². The van der Waals surface area contributed by atoms with Crippen LogP contribution in [0.3, 0.4) is 0 Å². The molecule has 0 fully saturated rings. The number of rotatable bonds is 4. The van der Waals surface area contributed by atoms with Crippen LogP contribution in [0.4, 0.5) is 5.69 Å². The predicted molar refractivity (Wildman–Crippen MR) is 98.4 cm³/mol. The third kappa shape index (κ3) is 3.19. The van der Waals surface area contributed by atoms with Gasteiger partial charge < -0.3 is 0 Å². The molecule has 2 N–H and O–H groups in total. The van der Waals surface area contributed by atoms with Crippen LogP contribution in [-0.2, 0) is 10.0 Å². The number of aromatic nitrogens is 2. The van der Waals surface area contributed by atoms with Gasteiger partial charge in [-0.15, -0.1) is 11.3 Å². The second-order valence-corrected chi connectivity index (χ2v) is 8.96. The first-order valence-electron chi connectivity index (χ1n) is 7.18. The van der Waals surface area contributed by atoms with Crippen molar-refractivity contribution in [2.45, 2.75) is 25.7 Å². The van der Waals surface area contributed by atoms with Crippen LogP contribution in [0.25, 0.3) is 11.3 Å². The topological polar surface area (TPSA) is 74.8 Å². The van der Waals surface area contributed by atoms with Crippen LogP contribution in [0.1, 0.15) is 15.4 Å². The Kier molecular flexibility index (Phi) is 4.42. The number of aryl methyl sites for hydroxylation is 3. The Balaban J connectivity index is 2.11. The van der Waals surface area contributed by atoms with Gasteiger partial charge in [0.15, 0.2) is 0 Å². The summed E-state index contributed by atoms with van der Waals surface area (Å²) in [6, 6.07) is 8.47. The van der Waals surface area contributed by atoms with Gasteiger partial charge in [0.25, 0.3) is 10.0 Å². The molecule has 0 amide bonds. The van der Waals surface area contributed by atoms with Crippen LogP contribution >= 0.6 is 22.9 Å². The normalized spacial score (nSPS) is 11.7. The van der Waals surface area contributed by atoms with Gasteiger partial charge in [0.2, 0.25) is 0 Å². The number of thiophene rings is 1. The summed E-state index contributed by atoms with van der Waals surface area (Å²) in [4.78, 5) is 1.89. The number of benzene rings is 1. The molecule has 0 bridgehead atoms. The van der Waals surface area contributed by atoms with Crippen molar-refractivity contribution in [2.75, 3.05) is 4.72 Å². The predicted octanol–water partition coefficient (Wildman–Crippen LogP) is 4.52. The fraction of sp³-hybridized carbons (Fsp3) is 0.188. The van der Waals surface area contributed by atoms with E-state index in [-0.39, 0.29) is 4.90 Å². The maximum Gasteiger partial charge on any atom is 0.263 e. The molecule has 0 saturated carbocycles. The molecule has 2 heterocycles. The summed E-state index contributed by atoms with van der Waals surface area (Å²) in [7, 11) is -3.76. The summed E-state index contributed by atoms with van der Waals surface area (Å²) in [6.07, 6.45) is 0. The van der Waals surface area contributed by atoms with Crippen molar-refractivity contribution in [3.8, 4) is 11.3 Å². The van der Waals surface area contributed by atoms with Crippen LogP contribution in [0.2, 0.25) is 5.02 Å². The molecular weight excluding hydrogens is 366 g/mol. The molecular formula is C16H16ClN3O2S2. The summed E-state index contributed by atoms with van der Waals surface area (Å²) in [5.74, 6) is 0. The molecule has 0 aliphatic carbocycles. The minimum absolute atomic E-state index is 0.261. The zero-order valence-corrected chi connectivity index (χ0v) is 15.7. The van der Waals surface area contributed by atoms with E-state index in [1.807, 2.05) is 19.9 Å². The van der Waals surface area contributed by atoms with Crippen molar-refractivity contribution in [3.63, 3.8) is 0 Å². The van der Waals surface area contributed by atoms with Crippen molar-refractivity contribution in [3.05, 3.63) is 50.8 Å². The van der Waals surface area contributed by atoms with Crippen LogP contribution in [0.5, 0.6) is 0 Å². The molecule has 1 aromatic carbocycles. The molecule has 126 valence electrons. The Labute approximate surface area is 149 Å². The quantitative estimate of drug-likeness (QED) is 0.697. The van der Waals surface area contributed by atoms with Crippen molar-refractivity contribution in [1.29, 1.82) is 0 Å². The Morgan fingerprint density at radius 1 is 1.17 bits per heavy atom. The Morgan fingerprint density at radius 2 is 1.92 bits per heavy atom. The standard InChI is InChI=1S/C16H16ClN3O2S2/c1-9-7-14(19-18-9)15-10(2)23-11(3)16(15)24(21,22)20-13-6-4-5-12(17)8-13/h4-8,20H,1-3H3,(H,18,19). The fourth-order valence-corrected chi connectivity index (χ4v) is 5.70. The largest absolute Gasteiger partial charge is 0.282 e. The average molecular weight is 382 g/mol. The van der Waals surface area contributed by atoms with Gasteiger partial charge in [-0.2, -0.15) is 5.10 Å². The van der Waals surface area contributed by atoms with E-state index in [1.54, 1.807) is 31.2 Å². The highest BCUT2D eigenvalue weighted by Gasteiger charge is 2.27. The summed E-state index contributed by atoms with van der Waals surface area (Å²) in [6.45, 7) is 5.58. The van der Waals surface area contributed by atoms with Crippen LogP contribution in [0, 0.1) is 20.8 Å². The van der Waals surface area contributed by atoms with E-state index in [4.69, 9.17) is 11.6 Å². The lowest BCUT2D eigenvalue weighted by molar-refractivity contribution is 0.601. The molecule has 0 unspecified atom stereocenters. The molecule has 0 atom stereocenters. The number of hydrogen-bond acceptors (Lipinski definition) is 4. The van der Waals surface area contributed by atoms with Crippen LogP contribution < -0.4 is 4.72 Å². The lowest BCUT2D eigenvalue weighted by Crippen LogP contribution is -2.14. The molecule has 5 nitrogen and oxygen atoms in total.